The maximum atomic E-state index is 12.7. The lowest BCUT2D eigenvalue weighted by molar-refractivity contribution is -0.128. The molecular formula is C17H21NO2. The van der Waals surface area contributed by atoms with Gasteiger partial charge in [-0.2, -0.15) is 0 Å². The standard InChI is InChI=1S/C17H21NO2/c1-12-10-15-14(11-16(12)19)8-5-9-18(15)17(20)13-6-3-2-4-7-13/h2-4,6-7,12,14-15H,5,8-11H2,1H3/t12-,14-,15+/m0/s1. The Kier molecular flexibility index (Phi) is 3.60. The lowest BCUT2D eigenvalue weighted by Gasteiger charge is -2.45. The minimum atomic E-state index is 0.0976. The molecule has 1 aromatic carbocycles. The highest BCUT2D eigenvalue weighted by Gasteiger charge is 2.41. The van der Waals surface area contributed by atoms with Gasteiger partial charge in [0.05, 0.1) is 0 Å². The molecule has 0 aromatic heterocycles. The van der Waals surface area contributed by atoms with Crippen molar-refractivity contribution < 1.29 is 9.59 Å². The summed E-state index contributed by atoms with van der Waals surface area (Å²) in [5.41, 5.74) is 0.762. The zero-order valence-electron chi connectivity index (χ0n) is 11.9. The Labute approximate surface area is 120 Å². The molecule has 0 unspecified atom stereocenters. The summed E-state index contributed by atoms with van der Waals surface area (Å²) in [6, 6.07) is 9.75. The monoisotopic (exact) mass is 271 g/mol. The maximum absolute atomic E-state index is 12.7. The van der Waals surface area contributed by atoms with Crippen LogP contribution in [0.15, 0.2) is 30.3 Å². The van der Waals surface area contributed by atoms with Crippen LogP contribution in [0.2, 0.25) is 0 Å². The fourth-order valence-electron chi connectivity index (χ4n) is 3.65. The van der Waals surface area contributed by atoms with Crippen LogP contribution < -0.4 is 0 Å². The second-order valence-electron chi connectivity index (χ2n) is 6.14. The van der Waals surface area contributed by atoms with Crippen LogP contribution in [-0.2, 0) is 4.79 Å². The predicted molar refractivity (Wildman–Crippen MR) is 77.4 cm³/mol. The molecular weight excluding hydrogens is 250 g/mol. The van der Waals surface area contributed by atoms with Gasteiger partial charge < -0.3 is 4.90 Å². The quantitative estimate of drug-likeness (QED) is 0.787. The fourth-order valence-corrected chi connectivity index (χ4v) is 3.65. The summed E-state index contributed by atoms with van der Waals surface area (Å²) in [5.74, 6) is 0.975. The van der Waals surface area contributed by atoms with Crippen molar-refractivity contribution in [2.45, 2.75) is 38.6 Å². The molecule has 106 valence electrons. The van der Waals surface area contributed by atoms with Gasteiger partial charge in [0.2, 0.25) is 0 Å². The smallest absolute Gasteiger partial charge is 0.254 e. The molecule has 20 heavy (non-hydrogen) atoms. The number of carbonyl (C=O) groups excluding carboxylic acids is 2. The van der Waals surface area contributed by atoms with E-state index >= 15 is 0 Å². The number of hydrogen-bond acceptors (Lipinski definition) is 2. The van der Waals surface area contributed by atoms with Crippen molar-refractivity contribution in [3.63, 3.8) is 0 Å². The molecule has 0 spiro atoms. The molecule has 0 bridgehead atoms. The molecule has 3 heteroatoms. The number of Topliss-reactive ketones (excluding diaryl/α,β-unsaturated/α-hetero) is 1. The number of benzene rings is 1. The second kappa shape index (κ2) is 5.39. The molecule has 1 amide bonds. The van der Waals surface area contributed by atoms with Gasteiger partial charge in [0.15, 0.2) is 0 Å². The maximum Gasteiger partial charge on any atom is 0.254 e. The molecule has 0 N–H and O–H groups in total. The summed E-state index contributed by atoms with van der Waals surface area (Å²) in [6.07, 6.45) is 3.59. The molecule has 2 aliphatic rings. The Morgan fingerprint density at radius 2 is 2.00 bits per heavy atom. The van der Waals surface area contributed by atoms with Crippen molar-refractivity contribution in [3.05, 3.63) is 35.9 Å². The van der Waals surface area contributed by atoms with Crippen LogP contribution >= 0.6 is 0 Å². The first-order valence-corrected chi connectivity index (χ1v) is 7.55. The number of likely N-dealkylation sites (tertiary alicyclic amines) is 1. The third kappa shape index (κ3) is 2.37. The molecule has 1 aliphatic carbocycles. The highest BCUT2D eigenvalue weighted by Crippen LogP contribution is 2.36. The molecule has 0 radical (unpaired) electrons. The van der Waals surface area contributed by atoms with Gasteiger partial charge in [0.1, 0.15) is 5.78 Å². The van der Waals surface area contributed by atoms with Gasteiger partial charge in [-0.25, -0.2) is 0 Å². The van der Waals surface area contributed by atoms with Crippen molar-refractivity contribution in [2.75, 3.05) is 6.54 Å². The zero-order chi connectivity index (χ0) is 14.1. The second-order valence-corrected chi connectivity index (χ2v) is 6.14. The van der Waals surface area contributed by atoms with Gasteiger partial charge in [-0.3, -0.25) is 9.59 Å². The number of rotatable bonds is 1. The average molecular weight is 271 g/mol. The predicted octanol–water partition coefficient (Wildman–Crippen LogP) is 2.91. The van der Waals surface area contributed by atoms with Gasteiger partial charge in [0, 0.05) is 30.5 Å². The molecule has 3 rings (SSSR count). The van der Waals surface area contributed by atoms with Crippen LogP contribution in [0.5, 0.6) is 0 Å². The summed E-state index contributed by atoms with van der Waals surface area (Å²) in [7, 11) is 0. The fraction of sp³-hybridized carbons (Fsp3) is 0.529. The molecule has 1 saturated heterocycles. The van der Waals surface area contributed by atoms with E-state index in [1.165, 1.54) is 0 Å². The van der Waals surface area contributed by atoms with E-state index in [1.54, 1.807) is 0 Å². The number of fused-ring (bicyclic) bond motifs is 1. The topological polar surface area (TPSA) is 37.4 Å². The van der Waals surface area contributed by atoms with Crippen LogP contribution in [0, 0.1) is 11.8 Å². The van der Waals surface area contributed by atoms with E-state index in [4.69, 9.17) is 0 Å². The lowest BCUT2D eigenvalue weighted by atomic mass is 9.73. The van der Waals surface area contributed by atoms with Crippen molar-refractivity contribution in [1.82, 2.24) is 4.90 Å². The number of ketones is 1. The number of nitrogens with zero attached hydrogens (tertiary/aromatic N) is 1. The van der Waals surface area contributed by atoms with Crippen molar-refractivity contribution in [1.29, 1.82) is 0 Å². The van der Waals surface area contributed by atoms with Crippen LogP contribution in [0.4, 0.5) is 0 Å². The summed E-state index contributed by atoms with van der Waals surface area (Å²) in [5, 5.41) is 0. The van der Waals surface area contributed by atoms with E-state index in [2.05, 4.69) is 0 Å². The van der Waals surface area contributed by atoms with Crippen LogP contribution in [0.25, 0.3) is 0 Å². The van der Waals surface area contributed by atoms with E-state index in [-0.39, 0.29) is 17.9 Å². The largest absolute Gasteiger partial charge is 0.335 e. The Morgan fingerprint density at radius 3 is 2.75 bits per heavy atom. The van der Waals surface area contributed by atoms with Gasteiger partial charge >= 0.3 is 0 Å². The highest BCUT2D eigenvalue weighted by atomic mass is 16.2. The van der Waals surface area contributed by atoms with Gasteiger partial charge in [0.25, 0.3) is 5.91 Å². The average Bonchev–Trinajstić information content (AvgIpc) is 2.48. The molecule has 3 atom stereocenters. The van der Waals surface area contributed by atoms with E-state index in [0.29, 0.717) is 18.1 Å². The van der Waals surface area contributed by atoms with E-state index < -0.39 is 0 Å². The first-order chi connectivity index (χ1) is 9.66. The third-order valence-electron chi connectivity index (χ3n) is 4.81. The molecule has 1 aliphatic heterocycles. The number of hydrogen-bond donors (Lipinski definition) is 0. The molecule has 1 heterocycles. The SMILES string of the molecule is C[C@H]1C[C@@H]2[C@@H](CCCN2C(=O)c2ccccc2)CC1=O. The van der Waals surface area contributed by atoms with Crippen molar-refractivity contribution >= 4 is 11.7 Å². The summed E-state index contributed by atoms with van der Waals surface area (Å²) < 4.78 is 0. The van der Waals surface area contributed by atoms with E-state index in [1.807, 2.05) is 42.2 Å². The van der Waals surface area contributed by atoms with Crippen LogP contribution in [0.1, 0.15) is 43.0 Å². The third-order valence-corrected chi connectivity index (χ3v) is 4.81. The number of carbonyl (C=O) groups is 2. The summed E-state index contributed by atoms with van der Waals surface area (Å²) >= 11 is 0. The van der Waals surface area contributed by atoms with Crippen molar-refractivity contribution in [2.24, 2.45) is 11.8 Å². The lowest BCUT2D eigenvalue weighted by Crippen LogP contribution is -2.52. The minimum absolute atomic E-state index is 0.0976. The molecule has 2 fully saturated rings. The van der Waals surface area contributed by atoms with Gasteiger partial charge in [-0.05, 0) is 37.3 Å². The van der Waals surface area contributed by atoms with E-state index in [9.17, 15) is 9.59 Å². The Balaban J connectivity index is 1.82. The van der Waals surface area contributed by atoms with Crippen molar-refractivity contribution in [3.8, 4) is 0 Å². The summed E-state index contributed by atoms with van der Waals surface area (Å²) in [6.45, 7) is 2.83. The molecule has 3 nitrogen and oxygen atoms in total. The van der Waals surface area contributed by atoms with Gasteiger partial charge in [-0.15, -0.1) is 0 Å². The normalized spacial score (nSPS) is 29.9. The zero-order valence-corrected chi connectivity index (χ0v) is 11.9. The minimum Gasteiger partial charge on any atom is -0.335 e. The Hall–Kier alpha value is -1.64. The molecule has 1 aromatic rings. The number of piperidine rings is 1. The molecule has 1 saturated carbocycles. The Morgan fingerprint density at radius 1 is 1.25 bits per heavy atom. The van der Waals surface area contributed by atoms with E-state index in [0.717, 1.165) is 31.4 Å². The first-order valence-electron chi connectivity index (χ1n) is 7.55. The Bertz CT molecular complexity index is 511. The highest BCUT2D eigenvalue weighted by molar-refractivity contribution is 5.94. The first kappa shape index (κ1) is 13.3. The summed E-state index contributed by atoms with van der Waals surface area (Å²) in [4.78, 5) is 26.6. The van der Waals surface area contributed by atoms with Crippen LogP contribution in [-0.4, -0.2) is 29.2 Å². The van der Waals surface area contributed by atoms with Crippen LogP contribution in [0.3, 0.4) is 0 Å². The number of amides is 1. The van der Waals surface area contributed by atoms with Gasteiger partial charge in [-0.1, -0.05) is 25.1 Å².